The van der Waals surface area contributed by atoms with Crippen LogP contribution in [0.2, 0.25) is 5.02 Å². The van der Waals surface area contributed by atoms with E-state index < -0.39 is 11.1 Å². The molecule has 1 aliphatic heterocycles. The molecule has 3 aromatic rings. The van der Waals surface area contributed by atoms with Gasteiger partial charge in [-0.15, -0.1) is 0 Å². The number of rotatable bonds is 10. The number of hydrogen-bond acceptors (Lipinski definition) is 9. The molecule has 0 saturated carbocycles. The van der Waals surface area contributed by atoms with Crippen LogP contribution in [0.1, 0.15) is 13.3 Å². The molecule has 2 N–H and O–H groups in total. The predicted molar refractivity (Wildman–Crippen MR) is 144 cm³/mol. The quantitative estimate of drug-likeness (QED) is 0.363. The molecule has 0 bridgehead atoms. The standard InChI is InChI=1S/C25H31ClN6O3S/c1-4-35-22-13-18(32-12-11-17(16-32)15-31(2)3)9-10-20(22)29-25-27-14-19(26)24(30-25)28-21-7-5-6-8-23(21)36(33)34/h5-10,13-14,17H,4,11-12,15-16H2,1-3H3,(H,33,34)(H2,27,28,29,30)/p-1. The maximum Gasteiger partial charge on any atom is 0.229 e. The highest BCUT2D eigenvalue weighted by Gasteiger charge is 2.24. The van der Waals surface area contributed by atoms with E-state index in [1.807, 2.05) is 19.1 Å². The summed E-state index contributed by atoms with van der Waals surface area (Å²) in [6.45, 7) is 5.56. The molecule has 1 aromatic heterocycles. The molecule has 0 radical (unpaired) electrons. The topological polar surface area (TPSA) is 106 Å². The van der Waals surface area contributed by atoms with Crippen LogP contribution in [0.5, 0.6) is 5.75 Å². The first kappa shape index (κ1) is 26.2. The number of hydrogen-bond donors (Lipinski definition) is 2. The van der Waals surface area contributed by atoms with E-state index in [0.29, 0.717) is 29.9 Å². The van der Waals surface area contributed by atoms with Crippen molar-refractivity contribution in [2.45, 2.75) is 18.2 Å². The Labute approximate surface area is 219 Å². The summed E-state index contributed by atoms with van der Waals surface area (Å²) >= 11 is 3.89. The van der Waals surface area contributed by atoms with Crippen molar-refractivity contribution < 1.29 is 13.5 Å². The number of anilines is 5. The number of nitrogens with one attached hydrogen (secondary N) is 2. The molecule has 0 amide bonds. The van der Waals surface area contributed by atoms with Crippen LogP contribution in [0, 0.1) is 5.92 Å². The number of para-hydroxylation sites is 1. The van der Waals surface area contributed by atoms with E-state index in [1.165, 1.54) is 18.7 Å². The van der Waals surface area contributed by atoms with E-state index in [9.17, 15) is 8.76 Å². The average Bonchev–Trinajstić information content (AvgIpc) is 3.30. The fraction of sp³-hybridized carbons (Fsp3) is 0.360. The summed E-state index contributed by atoms with van der Waals surface area (Å²) < 4.78 is 29.0. The van der Waals surface area contributed by atoms with Gasteiger partial charge in [0.05, 0.1) is 24.2 Å². The van der Waals surface area contributed by atoms with Crippen LogP contribution in [0.3, 0.4) is 0 Å². The Morgan fingerprint density at radius 1 is 1.22 bits per heavy atom. The van der Waals surface area contributed by atoms with Gasteiger partial charge in [0, 0.05) is 36.3 Å². The summed E-state index contributed by atoms with van der Waals surface area (Å²) in [7, 11) is 4.22. The van der Waals surface area contributed by atoms with Crippen molar-refractivity contribution in [1.82, 2.24) is 14.9 Å². The van der Waals surface area contributed by atoms with E-state index in [2.05, 4.69) is 50.6 Å². The lowest BCUT2D eigenvalue weighted by Crippen LogP contribution is -2.25. The Hall–Kier alpha value is -2.92. The first-order valence-corrected chi connectivity index (χ1v) is 13.2. The minimum atomic E-state index is -2.41. The molecular formula is C25H30ClN6O3S-. The summed E-state index contributed by atoms with van der Waals surface area (Å²) in [5, 5.41) is 6.46. The second-order valence-corrected chi connectivity index (χ2v) is 10.2. The van der Waals surface area contributed by atoms with Crippen LogP contribution < -0.4 is 20.3 Å². The summed E-state index contributed by atoms with van der Waals surface area (Å²) in [6.07, 6.45) is 2.62. The summed E-state index contributed by atoms with van der Waals surface area (Å²) in [6, 6.07) is 12.6. The highest BCUT2D eigenvalue weighted by atomic mass is 35.5. The summed E-state index contributed by atoms with van der Waals surface area (Å²) in [4.78, 5) is 13.5. The van der Waals surface area contributed by atoms with E-state index in [0.717, 1.165) is 31.0 Å². The maximum atomic E-state index is 11.6. The van der Waals surface area contributed by atoms with E-state index in [4.69, 9.17) is 16.3 Å². The Morgan fingerprint density at radius 2 is 2.03 bits per heavy atom. The van der Waals surface area contributed by atoms with Crippen molar-refractivity contribution in [3.05, 3.63) is 53.7 Å². The molecule has 2 atom stereocenters. The number of benzene rings is 2. The summed E-state index contributed by atoms with van der Waals surface area (Å²) in [5.74, 6) is 1.92. The molecule has 0 aliphatic carbocycles. The monoisotopic (exact) mass is 529 g/mol. The third kappa shape index (κ3) is 6.44. The molecule has 11 heteroatoms. The van der Waals surface area contributed by atoms with Gasteiger partial charge in [-0.05, 0) is 68.7 Å². The van der Waals surface area contributed by atoms with Gasteiger partial charge < -0.3 is 29.7 Å². The van der Waals surface area contributed by atoms with Gasteiger partial charge >= 0.3 is 0 Å². The first-order valence-electron chi connectivity index (χ1n) is 11.8. The van der Waals surface area contributed by atoms with Crippen molar-refractivity contribution in [2.24, 2.45) is 5.92 Å². The van der Waals surface area contributed by atoms with Gasteiger partial charge in [-0.2, -0.15) is 4.98 Å². The minimum Gasteiger partial charge on any atom is -0.768 e. The molecule has 1 aliphatic rings. The van der Waals surface area contributed by atoms with Crippen LogP contribution in [-0.4, -0.2) is 64.0 Å². The van der Waals surface area contributed by atoms with Gasteiger partial charge in [0.1, 0.15) is 10.8 Å². The van der Waals surface area contributed by atoms with Crippen molar-refractivity contribution in [3.63, 3.8) is 0 Å². The molecule has 2 heterocycles. The maximum absolute atomic E-state index is 11.6. The zero-order valence-electron chi connectivity index (χ0n) is 20.5. The van der Waals surface area contributed by atoms with Crippen molar-refractivity contribution in [2.75, 3.05) is 55.9 Å². The largest absolute Gasteiger partial charge is 0.768 e. The van der Waals surface area contributed by atoms with Crippen molar-refractivity contribution >= 4 is 51.5 Å². The van der Waals surface area contributed by atoms with Crippen LogP contribution in [0.25, 0.3) is 0 Å². The van der Waals surface area contributed by atoms with Gasteiger partial charge in [-0.3, -0.25) is 4.21 Å². The molecule has 36 heavy (non-hydrogen) atoms. The van der Waals surface area contributed by atoms with Crippen molar-refractivity contribution in [1.29, 1.82) is 0 Å². The van der Waals surface area contributed by atoms with Gasteiger partial charge in [-0.25, -0.2) is 4.98 Å². The van der Waals surface area contributed by atoms with Gasteiger partial charge in [0.2, 0.25) is 5.95 Å². The highest BCUT2D eigenvalue weighted by molar-refractivity contribution is 7.79. The zero-order valence-corrected chi connectivity index (χ0v) is 22.1. The lowest BCUT2D eigenvalue weighted by atomic mass is 10.1. The second kappa shape index (κ2) is 11.9. The first-order chi connectivity index (χ1) is 17.3. The van der Waals surface area contributed by atoms with Crippen molar-refractivity contribution in [3.8, 4) is 5.75 Å². The van der Waals surface area contributed by atoms with Gasteiger partial charge in [0.25, 0.3) is 0 Å². The van der Waals surface area contributed by atoms with E-state index in [1.54, 1.807) is 18.2 Å². The fourth-order valence-corrected chi connectivity index (χ4v) is 4.92. The molecule has 2 aromatic carbocycles. The third-order valence-corrected chi connectivity index (χ3v) is 6.84. The smallest absolute Gasteiger partial charge is 0.229 e. The van der Waals surface area contributed by atoms with Crippen LogP contribution in [0.15, 0.2) is 53.6 Å². The normalized spacial score (nSPS) is 16.3. The number of ether oxygens (including phenoxy) is 1. The lowest BCUT2D eigenvalue weighted by molar-refractivity contribution is 0.340. The fourth-order valence-electron chi connectivity index (χ4n) is 4.30. The molecule has 1 fully saturated rings. The number of aromatic nitrogens is 2. The second-order valence-electron chi connectivity index (χ2n) is 8.85. The third-order valence-electron chi connectivity index (χ3n) is 5.85. The molecule has 9 nitrogen and oxygen atoms in total. The van der Waals surface area contributed by atoms with E-state index in [-0.39, 0.29) is 15.7 Å². The Bertz CT molecular complexity index is 1230. The molecule has 1 saturated heterocycles. The number of halogens is 1. The Kier molecular flexibility index (Phi) is 8.63. The van der Waals surface area contributed by atoms with Crippen LogP contribution in [-0.2, 0) is 11.1 Å². The molecular weight excluding hydrogens is 500 g/mol. The van der Waals surface area contributed by atoms with Gasteiger partial charge in [0.15, 0.2) is 5.82 Å². The SMILES string of the molecule is CCOc1cc(N2CCC(CN(C)C)C2)ccc1Nc1ncc(Cl)c(Nc2ccccc2S(=O)[O-])n1. The Balaban J connectivity index is 1.54. The molecule has 4 rings (SSSR count). The molecule has 2 unspecified atom stereocenters. The average molecular weight is 530 g/mol. The van der Waals surface area contributed by atoms with Gasteiger partial charge in [-0.1, -0.05) is 23.7 Å². The van der Waals surface area contributed by atoms with Crippen LogP contribution >= 0.6 is 11.6 Å². The zero-order chi connectivity index (χ0) is 25.7. The molecule has 192 valence electrons. The summed E-state index contributed by atoms with van der Waals surface area (Å²) in [5.41, 5.74) is 2.21. The predicted octanol–water partition coefficient (Wildman–Crippen LogP) is 4.64. The Morgan fingerprint density at radius 3 is 2.78 bits per heavy atom. The lowest BCUT2D eigenvalue weighted by Gasteiger charge is -2.22. The number of nitrogens with zero attached hydrogens (tertiary/aromatic N) is 4. The minimum absolute atomic E-state index is 0.116. The van der Waals surface area contributed by atoms with Crippen LogP contribution in [0.4, 0.5) is 28.8 Å². The highest BCUT2D eigenvalue weighted by Crippen LogP contribution is 2.35. The molecule has 0 spiro atoms. The van der Waals surface area contributed by atoms with E-state index >= 15 is 0 Å².